The van der Waals surface area contributed by atoms with Crippen molar-refractivity contribution in [1.29, 1.82) is 0 Å². The molecule has 0 fully saturated rings. The van der Waals surface area contributed by atoms with Gasteiger partial charge in [-0.05, 0) is 123 Å². The SMILES string of the molecule is C=C(C)CC[Si](OCC)(OCC)OCC.C=CC(=C)C.C=CC(C)C[Si](OCC)(OCC)OCC.CCO[SiH](OCC)OCC.CCO[Si](CC=C(C)C)(OCC)OCC.S.S=S=S=S=S=S.S=S=S=S=S=S=S. The van der Waals surface area contributed by atoms with Gasteiger partial charge in [0, 0.05) is 222 Å². The minimum absolute atomic E-state index is 0. The van der Waals surface area contributed by atoms with Crippen molar-refractivity contribution in [3.8, 4) is 0 Å². The van der Waals surface area contributed by atoms with E-state index in [0.29, 0.717) is 85.2 Å². The molecule has 0 aliphatic rings. The Morgan fingerprint density at radius 3 is 1.00 bits per heavy atom. The summed E-state index contributed by atoms with van der Waals surface area (Å²) in [5, 5.41) is 0. The van der Waals surface area contributed by atoms with E-state index in [2.05, 4.69) is 97.9 Å². The maximum atomic E-state index is 5.73. The molecule has 0 rings (SSSR count). The van der Waals surface area contributed by atoms with E-state index in [-0.39, 0.29) is 13.5 Å². The first-order valence-corrected chi connectivity index (χ1v) is 45.9. The van der Waals surface area contributed by atoms with Gasteiger partial charge in [0.15, 0.2) is 0 Å². The second-order valence-corrected chi connectivity index (χ2v) is 39.1. The van der Waals surface area contributed by atoms with Gasteiger partial charge in [-0.2, -0.15) is 13.5 Å². The molecule has 0 bridgehead atoms. The van der Waals surface area contributed by atoms with Crippen molar-refractivity contribution < 1.29 is 53.1 Å². The maximum Gasteiger partial charge on any atom is 0.504 e. The molecule has 0 amide bonds. The van der Waals surface area contributed by atoms with Crippen molar-refractivity contribution in [3.05, 3.63) is 61.3 Å². The van der Waals surface area contributed by atoms with Gasteiger partial charge in [-0.1, -0.05) is 55.0 Å². The first-order valence-electron chi connectivity index (χ1n) is 24.1. The van der Waals surface area contributed by atoms with E-state index in [0.717, 1.165) is 35.7 Å². The number of hydrogen-bond acceptors (Lipinski definition) is 16. The molecule has 0 radical (unpaired) electrons. The fourth-order valence-electron chi connectivity index (χ4n) is 4.71. The Bertz CT molecular complexity index is 1650. The fourth-order valence-corrected chi connectivity index (χ4v) is 27.7. The molecule has 74 heavy (non-hydrogen) atoms. The average Bonchev–Trinajstić information content (AvgIpc) is 3.34. The molecular formula is C44H98O12S14Si4. The Balaban J connectivity index is -0.000000118. The lowest BCUT2D eigenvalue weighted by molar-refractivity contribution is 0.0688. The van der Waals surface area contributed by atoms with E-state index >= 15 is 0 Å². The van der Waals surface area contributed by atoms with Gasteiger partial charge in [0.1, 0.15) is 0 Å². The minimum atomic E-state index is -2.45. The predicted octanol–water partition coefficient (Wildman–Crippen LogP) is 11.5. The van der Waals surface area contributed by atoms with E-state index in [1.165, 1.54) is 58.9 Å². The molecule has 0 aromatic heterocycles. The lowest BCUT2D eigenvalue weighted by Gasteiger charge is -2.29. The molecule has 0 saturated heterocycles. The Morgan fingerprint density at radius 1 is 0.486 bits per heavy atom. The van der Waals surface area contributed by atoms with Crippen LogP contribution in [0.4, 0.5) is 0 Å². The molecular weight excluding hydrogens is 1280 g/mol. The summed E-state index contributed by atoms with van der Waals surface area (Å²) in [6.45, 7) is 56.2. The molecule has 0 aliphatic heterocycles. The maximum absolute atomic E-state index is 5.73. The molecule has 0 aromatic rings. The number of rotatable bonds is 33. The summed E-state index contributed by atoms with van der Waals surface area (Å²) in [5.74, 6) is 0.362. The quantitative estimate of drug-likeness (QED) is 0.0353. The third-order valence-corrected chi connectivity index (χ3v) is 34.0. The van der Waals surface area contributed by atoms with Crippen molar-refractivity contribution >= 4 is 174 Å². The van der Waals surface area contributed by atoms with Gasteiger partial charge in [-0.3, -0.25) is 0 Å². The number of hydrogen-bond donors (Lipinski definition) is 0. The van der Waals surface area contributed by atoms with E-state index in [9.17, 15) is 0 Å². The molecule has 0 N–H and O–H groups in total. The normalized spacial score (nSPS) is 10.5. The van der Waals surface area contributed by atoms with Crippen LogP contribution in [-0.4, -0.2) is 115 Å². The van der Waals surface area contributed by atoms with Gasteiger partial charge in [0.05, 0.1) is 0 Å². The van der Waals surface area contributed by atoms with Crippen molar-refractivity contribution in [2.24, 2.45) is 5.92 Å². The van der Waals surface area contributed by atoms with Gasteiger partial charge < -0.3 is 53.1 Å². The number of allylic oxidation sites excluding steroid dienone is 6. The molecule has 446 valence electrons. The van der Waals surface area contributed by atoms with E-state index in [1.54, 1.807) is 32.7 Å². The first-order chi connectivity index (χ1) is 34.8. The highest BCUT2D eigenvalue weighted by atomic mass is 33.4. The van der Waals surface area contributed by atoms with Crippen LogP contribution in [0.2, 0.25) is 18.1 Å². The van der Waals surface area contributed by atoms with E-state index in [4.69, 9.17) is 53.1 Å². The standard InChI is InChI=1S/3C11H24O3Si.C6H16O3Si.C5H8.S7.S6.H2S/c2*1-6-12-15(13-7-2,14-8-3)10-9-11(4)5;1-6-11(5)10-15(12-7-2,13-8-3)14-9-4;1-4-7-10(8-5-2)9-6-3;1-4-5(2)3;1-3-5-7-6-4-2;1-3-5-6-4-2;/h9H,6-8,10H2,1-5H3;4,6-10H2,1-3,5H3;6,11H,1,7-10H2,2-5H3;10H,4-6H2,1-3H3;4H,1-2H2,3H3;;;1H2. The van der Waals surface area contributed by atoms with Crippen molar-refractivity contribution in [2.45, 2.75) is 142 Å². The van der Waals surface area contributed by atoms with Crippen LogP contribution in [0.15, 0.2) is 61.3 Å². The van der Waals surface area contributed by atoms with Crippen LogP contribution in [-0.2, 0) is 178 Å². The second kappa shape index (κ2) is 73.3. The molecule has 30 heteroatoms. The van der Waals surface area contributed by atoms with Crippen molar-refractivity contribution in [2.75, 3.05) is 79.3 Å². The van der Waals surface area contributed by atoms with E-state index in [1.807, 2.05) is 103 Å². The zero-order valence-electron chi connectivity index (χ0n) is 47.7. The molecule has 0 aliphatic carbocycles. The summed E-state index contributed by atoms with van der Waals surface area (Å²) < 4.78 is 67.1. The van der Waals surface area contributed by atoms with Gasteiger partial charge >= 0.3 is 35.9 Å². The fraction of sp³-hybridized carbons (Fsp3) is 0.773. The van der Waals surface area contributed by atoms with Crippen LogP contribution in [0.25, 0.3) is 0 Å². The summed E-state index contributed by atoms with van der Waals surface area (Å²) in [7, 11) is 3.96. The largest absolute Gasteiger partial charge is 0.504 e. The Kier molecular flexibility index (Phi) is 91.9. The summed E-state index contributed by atoms with van der Waals surface area (Å²) >= 11 is 18.2. The monoisotopic (exact) mass is 1380 g/mol. The van der Waals surface area contributed by atoms with Crippen LogP contribution >= 0.6 is 13.5 Å². The predicted molar refractivity (Wildman–Crippen MR) is 368 cm³/mol. The van der Waals surface area contributed by atoms with Gasteiger partial charge in [0.2, 0.25) is 0 Å². The Morgan fingerprint density at radius 2 is 0.770 bits per heavy atom. The van der Waals surface area contributed by atoms with Gasteiger partial charge in [-0.25, -0.2) is 0 Å². The van der Waals surface area contributed by atoms with Crippen molar-refractivity contribution in [1.82, 2.24) is 0 Å². The highest BCUT2D eigenvalue weighted by Crippen LogP contribution is 2.23. The Labute approximate surface area is 510 Å². The van der Waals surface area contributed by atoms with Crippen LogP contribution in [0.1, 0.15) is 124 Å². The smallest absolute Gasteiger partial charge is 0.376 e. The molecule has 1 atom stereocenters. The summed E-state index contributed by atoms with van der Waals surface area (Å²) in [5.41, 5.74) is 3.43. The third-order valence-electron chi connectivity index (χ3n) is 7.32. The molecule has 1 unspecified atom stereocenters. The molecule has 0 aromatic carbocycles. The van der Waals surface area contributed by atoms with Gasteiger partial charge in [0.25, 0.3) is 0 Å². The average molecular weight is 1380 g/mol. The van der Waals surface area contributed by atoms with Crippen LogP contribution in [0.5, 0.6) is 0 Å². The lowest BCUT2D eigenvalue weighted by Crippen LogP contribution is -2.47. The highest BCUT2D eigenvalue weighted by Gasteiger charge is 2.42. The molecule has 12 nitrogen and oxygen atoms in total. The topological polar surface area (TPSA) is 111 Å². The highest BCUT2D eigenvalue weighted by molar-refractivity contribution is 8.68. The second-order valence-electron chi connectivity index (χ2n) is 13.6. The zero-order valence-corrected chi connectivity index (χ0v) is 63.5. The molecule has 0 spiro atoms. The van der Waals surface area contributed by atoms with Crippen LogP contribution in [0, 0.1) is 5.92 Å². The van der Waals surface area contributed by atoms with E-state index < -0.39 is 35.9 Å². The first kappa shape index (κ1) is 92.7. The van der Waals surface area contributed by atoms with Crippen LogP contribution in [0.3, 0.4) is 0 Å². The zero-order chi connectivity index (χ0) is 57.7. The van der Waals surface area contributed by atoms with Crippen LogP contribution < -0.4 is 0 Å². The van der Waals surface area contributed by atoms with Gasteiger partial charge in [-0.15, -0.1) is 13.2 Å². The third kappa shape index (κ3) is 70.4. The Hall–Kier alpha value is 2.30. The van der Waals surface area contributed by atoms with Crippen molar-refractivity contribution in [3.63, 3.8) is 0 Å². The summed E-state index contributed by atoms with van der Waals surface area (Å²) in [6.07, 6.45) is 6.68. The minimum Gasteiger partial charge on any atom is -0.376 e. The lowest BCUT2D eigenvalue weighted by atomic mass is 10.2. The molecule has 0 saturated carbocycles. The summed E-state index contributed by atoms with van der Waals surface area (Å²) in [4.78, 5) is 0. The summed E-state index contributed by atoms with van der Waals surface area (Å²) in [6, 6.07) is 2.41. The molecule has 0 heterocycles.